The van der Waals surface area contributed by atoms with E-state index in [9.17, 15) is 13.5 Å². The summed E-state index contributed by atoms with van der Waals surface area (Å²) in [7, 11) is -2.24. The summed E-state index contributed by atoms with van der Waals surface area (Å²) in [6, 6.07) is 16.1. The van der Waals surface area contributed by atoms with Crippen molar-refractivity contribution >= 4 is 27.9 Å². The van der Waals surface area contributed by atoms with Gasteiger partial charge in [-0.2, -0.15) is 0 Å². The second-order valence-corrected chi connectivity index (χ2v) is 7.32. The summed E-state index contributed by atoms with van der Waals surface area (Å²) >= 11 is 0. The van der Waals surface area contributed by atoms with E-state index in [2.05, 4.69) is 9.71 Å². The van der Waals surface area contributed by atoms with Crippen LogP contribution in [0.1, 0.15) is 11.3 Å². The van der Waals surface area contributed by atoms with Crippen LogP contribution in [-0.2, 0) is 10.0 Å². The SMILES string of the molecule is COc1ccc(S(=O)(=O)Nc2cccnc2/C=C/c2ccc(O)cc2)cc1. The first-order valence-electron chi connectivity index (χ1n) is 8.07. The number of aromatic hydroxyl groups is 1. The summed E-state index contributed by atoms with van der Waals surface area (Å²) in [5.74, 6) is 0.755. The molecule has 138 valence electrons. The molecule has 27 heavy (non-hydrogen) atoms. The van der Waals surface area contributed by atoms with Crippen LogP contribution in [0.25, 0.3) is 12.2 Å². The predicted molar refractivity (Wildman–Crippen MR) is 105 cm³/mol. The zero-order valence-electron chi connectivity index (χ0n) is 14.5. The third-order valence-electron chi connectivity index (χ3n) is 3.78. The zero-order chi connectivity index (χ0) is 19.3. The average Bonchev–Trinajstić information content (AvgIpc) is 2.68. The maximum atomic E-state index is 12.6. The quantitative estimate of drug-likeness (QED) is 0.677. The van der Waals surface area contributed by atoms with E-state index in [1.54, 1.807) is 66.9 Å². The van der Waals surface area contributed by atoms with E-state index in [0.29, 0.717) is 17.1 Å². The average molecular weight is 382 g/mol. The molecule has 0 bridgehead atoms. The van der Waals surface area contributed by atoms with Gasteiger partial charge in [0.1, 0.15) is 11.5 Å². The highest BCUT2D eigenvalue weighted by Crippen LogP contribution is 2.22. The fourth-order valence-corrected chi connectivity index (χ4v) is 3.43. The number of nitrogens with zero attached hydrogens (tertiary/aromatic N) is 1. The van der Waals surface area contributed by atoms with Crippen molar-refractivity contribution < 1.29 is 18.3 Å². The Kier molecular flexibility index (Phi) is 5.42. The van der Waals surface area contributed by atoms with E-state index in [4.69, 9.17) is 4.74 Å². The van der Waals surface area contributed by atoms with Gasteiger partial charge in [-0.05, 0) is 60.2 Å². The minimum atomic E-state index is -3.76. The van der Waals surface area contributed by atoms with Crippen LogP contribution in [0.15, 0.2) is 71.8 Å². The Hall–Kier alpha value is -3.32. The molecule has 0 aliphatic carbocycles. The number of anilines is 1. The minimum Gasteiger partial charge on any atom is -0.508 e. The van der Waals surface area contributed by atoms with Gasteiger partial charge in [0.15, 0.2) is 0 Å². The zero-order valence-corrected chi connectivity index (χ0v) is 15.3. The summed E-state index contributed by atoms with van der Waals surface area (Å²) in [6.07, 6.45) is 5.08. The van der Waals surface area contributed by atoms with Gasteiger partial charge in [-0.3, -0.25) is 9.71 Å². The number of rotatable bonds is 6. The number of ether oxygens (including phenoxy) is 1. The molecule has 1 heterocycles. The van der Waals surface area contributed by atoms with Gasteiger partial charge < -0.3 is 9.84 Å². The Morgan fingerprint density at radius 1 is 1.00 bits per heavy atom. The Labute approximate surface area is 157 Å². The lowest BCUT2D eigenvalue weighted by atomic mass is 10.2. The molecule has 2 aromatic carbocycles. The first kappa shape index (κ1) is 18.5. The number of pyridine rings is 1. The first-order chi connectivity index (χ1) is 13.0. The van der Waals surface area contributed by atoms with E-state index in [0.717, 1.165) is 5.56 Å². The largest absolute Gasteiger partial charge is 0.508 e. The van der Waals surface area contributed by atoms with Crippen LogP contribution in [-0.4, -0.2) is 25.6 Å². The number of nitrogens with one attached hydrogen (secondary N) is 1. The predicted octanol–water partition coefficient (Wildman–Crippen LogP) is 3.77. The van der Waals surface area contributed by atoms with Crippen LogP contribution in [0.3, 0.4) is 0 Å². The van der Waals surface area contributed by atoms with Crippen LogP contribution in [0.4, 0.5) is 5.69 Å². The minimum absolute atomic E-state index is 0.126. The monoisotopic (exact) mass is 382 g/mol. The van der Waals surface area contributed by atoms with E-state index in [-0.39, 0.29) is 10.6 Å². The van der Waals surface area contributed by atoms with Crippen molar-refractivity contribution in [2.24, 2.45) is 0 Å². The lowest BCUT2D eigenvalue weighted by Gasteiger charge is -2.10. The number of methoxy groups -OCH3 is 1. The van der Waals surface area contributed by atoms with E-state index in [1.807, 2.05) is 0 Å². The molecule has 0 saturated carbocycles. The van der Waals surface area contributed by atoms with Crippen molar-refractivity contribution in [1.82, 2.24) is 4.98 Å². The summed E-state index contributed by atoms with van der Waals surface area (Å²) in [6.45, 7) is 0. The van der Waals surface area contributed by atoms with Gasteiger partial charge in [0, 0.05) is 6.20 Å². The third kappa shape index (κ3) is 4.65. The summed E-state index contributed by atoms with van der Waals surface area (Å²) in [5.41, 5.74) is 1.69. The Bertz CT molecular complexity index is 1040. The van der Waals surface area contributed by atoms with Crippen LogP contribution >= 0.6 is 0 Å². The number of phenolic OH excluding ortho intramolecular Hbond substituents is 1. The Morgan fingerprint density at radius 2 is 1.70 bits per heavy atom. The van der Waals surface area contributed by atoms with Gasteiger partial charge in [0.05, 0.1) is 23.4 Å². The fraction of sp³-hybridized carbons (Fsp3) is 0.0500. The third-order valence-corrected chi connectivity index (χ3v) is 5.16. The van der Waals surface area contributed by atoms with E-state index < -0.39 is 10.0 Å². The number of phenols is 1. The molecular weight excluding hydrogens is 364 g/mol. The van der Waals surface area contributed by atoms with Gasteiger partial charge in [-0.15, -0.1) is 0 Å². The normalized spacial score (nSPS) is 11.4. The molecule has 2 N–H and O–H groups in total. The molecule has 0 aliphatic rings. The van der Waals surface area contributed by atoms with Crippen LogP contribution in [0.2, 0.25) is 0 Å². The topological polar surface area (TPSA) is 88.5 Å². The number of hydrogen-bond donors (Lipinski definition) is 2. The molecule has 0 spiro atoms. The molecule has 0 saturated heterocycles. The van der Waals surface area contributed by atoms with Crippen molar-refractivity contribution in [3.05, 3.63) is 78.1 Å². The summed E-state index contributed by atoms with van der Waals surface area (Å²) < 4.78 is 32.9. The highest BCUT2D eigenvalue weighted by molar-refractivity contribution is 7.92. The maximum Gasteiger partial charge on any atom is 0.261 e. The molecule has 3 rings (SSSR count). The molecule has 0 atom stereocenters. The Morgan fingerprint density at radius 3 is 2.37 bits per heavy atom. The maximum absolute atomic E-state index is 12.6. The molecule has 1 aromatic heterocycles. The lowest BCUT2D eigenvalue weighted by Crippen LogP contribution is -2.14. The highest BCUT2D eigenvalue weighted by Gasteiger charge is 2.15. The number of sulfonamides is 1. The number of hydrogen-bond acceptors (Lipinski definition) is 5. The molecular formula is C20H18N2O4S. The second kappa shape index (κ2) is 7.92. The molecule has 0 radical (unpaired) electrons. The molecule has 6 nitrogen and oxygen atoms in total. The summed E-state index contributed by atoms with van der Waals surface area (Å²) in [5, 5.41) is 9.33. The smallest absolute Gasteiger partial charge is 0.261 e. The molecule has 0 fully saturated rings. The van der Waals surface area contributed by atoms with Crippen LogP contribution < -0.4 is 9.46 Å². The van der Waals surface area contributed by atoms with E-state index >= 15 is 0 Å². The van der Waals surface area contributed by atoms with Gasteiger partial charge in [-0.25, -0.2) is 8.42 Å². The van der Waals surface area contributed by atoms with E-state index in [1.165, 1.54) is 19.2 Å². The van der Waals surface area contributed by atoms with Gasteiger partial charge in [0.2, 0.25) is 0 Å². The lowest BCUT2D eigenvalue weighted by molar-refractivity contribution is 0.414. The second-order valence-electron chi connectivity index (χ2n) is 5.64. The molecule has 3 aromatic rings. The number of benzene rings is 2. The molecule has 0 amide bonds. The molecule has 7 heteroatoms. The van der Waals surface area contributed by atoms with Crippen LogP contribution in [0.5, 0.6) is 11.5 Å². The van der Waals surface area contributed by atoms with Crippen molar-refractivity contribution in [2.45, 2.75) is 4.90 Å². The number of aromatic nitrogens is 1. The van der Waals surface area contributed by atoms with Crippen molar-refractivity contribution in [1.29, 1.82) is 0 Å². The standard InChI is InChI=1S/C20H18N2O4S/c1-26-17-9-11-18(12-10-17)27(24,25)22-20-3-2-14-21-19(20)13-6-15-4-7-16(23)8-5-15/h2-14,22-23H,1H3/b13-6+. The van der Waals surface area contributed by atoms with Gasteiger partial charge in [-0.1, -0.05) is 18.2 Å². The summed E-state index contributed by atoms with van der Waals surface area (Å²) in [4.78, 5) is 4.36. The van der Waals surface area contributed by atoms with Crippen molar-refractivity contribution in [3.63, 3.8) is 0 Å². The van der Waals surface area contributed by atoms with Crippen molar-refractivity contribution in [3.8, 4) is 11.5 Å². The van der Waals surface area contributed by atoms with Crippen LogP contribution in [0, 0.1) is 0 Å². The first-order valence-corrected chi connectivity index (χ1v) is 9.55. The van der Waals surface area contributed by atoms with Gasteiger partial charge in [0.25, 0.3) is 10.0 Å². The highest BCUT2D eigenvalue weighted by atomic mass is 32.2. The molecule has 0 unspecified atom stereocenters. The fourth-order valence-electron chi connectivity index (χ4n) is 2.36. The van der Waals surface area contributed by atoms with Crippen molar-refractivity contribution in [2.75, 3.05) is 11.8 Å². The Balaban J connectivity index is 1.85. The molecule has 0 aliphatic heterocycles. The van der Waals surface area contributed by atoms with Gasteiger partial charge >= 0.3 is 0 Å².